The van der Waals surface area contributed by atoms with Crippen LogP contribution in [0, 0.1) is 0 Å². The second-order valence-corrected chi connectivity index (χ2v) is 8.52. The first kappa shape index (κ1) is 16.9. The summed E-state index contributed by atoms with van der Waals surface area (Å²) in [5.74, 6) is 0.548. The Bertz CT molecular complexity index is 951. The van der Waals surface area contributed by atoms with Crippen LogP contribution in [0.2, 0.25) is 0 Å². The molecule has 0 saturated carbocycles. The number of hydrogen-bond donors (Lipinski definition) is 1. The van der Waals surface area contributed by atoms with Crippen molar-refractivity contribution in [1.82, 2.24) is 9.88 Å². The van der Waals surface area contributed by atoms with Gasteiger partial charge in [0.25, 0.3) is 0 Å². The maximum atomic E-state index is 12.3. The number of oxazole rings is 1. The van der Waals surface area contributed by atoms with E-state index in [1.807, 2.05) is 45.0 Å². The number of aromatic nitrogens is 1. The molecule has 0 bridgehead atoms. The number of carbonyl (C=O) groups is 1. The van der Waals surface area contributed by atoms with E-state index in [-0.39, 0.29) is 6.09 Å². The highest BCUT2D eigenvalue weighted by molar-refractivity contribution is 7.16. The van der Waals surface area contributed by atoms with Gasteiger partial charge in [-0.2, -0.15) is 0 Å². The van der Waals surface area contributed by atoms with Gasteiger partial charge >= 0.3 is 6.09 Å². The van der Waals surface area contributed by atoms with Gasteiger partial charge in [-0.05, 0) is 44.9 Å². The molecule has 1 aliphatic rings. The first-order chi connectivity index (χ1) is 12.3. The van der Waals surface area contributed by atoms with E-state index in [0.29, 0.717) is 30.4 Å². The fourth-order valence-electron chi connectivity index (χ4n) is 3.12. The van der Waals surface area contributed by atoms with E-state index >= 15 is 0 Å². The minimum atomic E-state index is -0.505. The summed E-state index contributed by atoms with van der Waals surface area (Å²) in [7, 11) is 0. The molecule has 2 N–H and O–H groups in total. The third-order valence-electron chi connectivity index (χ3n) is 4.24. The number of anilines is 1. The van der Waals surface area contributed by atoms with Gasteiger partial charge < -0.3 is 19.8 Å². The smallest absolute Gasteiger partial charge is 0.410 e. The molecule has 3 aromatic rings. The summed E-state index contributed by atoms with van der Waals surface area (Å²) in [5.41, 5.74) is 9.32. The first-order valence-corrected chi connectivity index (χ1v) is 9.37. The molecule has 7 heteroatoms. The van der Waals surface area contributed by atoms with Crippen LogP contribution in [-0.4, -0.2) is 28.1 Å². The molecule has 26 heavy (non-hydrogen) atoms. The summed E-state index contributed by atoms with van der Waals surface area (Å²) >= 11 is 1.49. The van der Waals surface area contributed by atoms with Gasteiger partial charge in [-0.3, -0.25) is 0 Å². The number of thiophene rings is 1. The molecule has 2 aromatic heterocycles. The number of benzene rings is 1. The van der Waals surface area contributed by atoms with Crippen molar-refractivity contribution in [3.8, 4) is 11.5 Å². The van der Waals surface area contributed by atoms with Crippen LogP contribution in [0.25, 0.3) is 22.6 Å². The SMILES string of the molecule is CC(C)(C)OC(=O)N1CCc2c(sc(N)c2-c2nc3ccccc3o2)C1. The molecule has 0 saturated heterocycles. The Morgan fingerprint density at radius 3 is 2.85 bits per heavy atom. The molecule has 0 aliphatic carbocycles. The Hall–Kier alpha value is -2.54. The molecule has 0 spiro atoms. The zero-order chi connectivity index (χ0) is 18.5. The number of ether oxygens (including phenoxy) is 1. The minimum absolute atomic E-state index is 0.293. The summed E-state index contributed by atoms with van der Waals surface area (Å²) in [5, 5.41) is 0.674. The average molecular weight is 371 g/mol. The van der Waals surface area contributed by atoms with Gasteiger partial charge in [-0.25, -0.2) is 9.78 Å². The van der Waals surface area contributed by atoms with Crippen LogP contribution in [-0.2, 0) is 17.7 Å². The van der Waals surface area contributed by atoms with Crippen molar-refractivity contribution in [2.75, 3.05) is 12.3 Å². The molecule has 136 valence electrons. The standard InChI is InChI=1S/C19H21N3O3S/c1-19(2,3)25-18(23)22-9-8-11-14(10-22)26-16(20)15(11)17-21-12-6-4-5-7-13(12)24-17/h4-7H,8-10,20H2,1-3H3. The van der Waals surface area contributed by atoms with Gasteiger partial charge in [-0.1, -0.05) is 12.1 Å². The van der Waals surface area contributed by atoms with E-state index in [1.54, 1.807) is 4.90 Å². The number of nitrogen functional groups attached to an aromatic ring is 1. The Labute approximate surface area is 155 Å². The van der Waals surface area contributed by atoms with Crippen LogP contribution in [0.4, 0.5) is 9.80 Å². The third-order valence-corrected chi connectivity index (χ3v) is 5.29. The predicted molar refractivity (Wildman–Crippen MR) is 102 cm³/mol. The highest BCUT2D eigenvalue weighted by Crippen LogP contribution is 2.42. The average Bonchev–Trinajstić information content (AvgIpc) is 3.11. The summed E-state index contributed by atoms with van der Waals surface area (Å²) in [4.78, 5) is 19.7. The fourth-order valence-corrected chi connectivity index (χ4v) is 4.25. The molecule has 0 fully saturated rings. The molecule has 1 amide bonds. The predicted octanol–water partition coefficient (Wildman–Crippen LogP) is 4.43. The zero-order valence-corrected chi connectivity index (χ0v) is 15.9. The number of carbonyl (C=O) groups excluding carboxylic acids is 1. The van der Waals surface area contributed by atoms with E-state index < -0.39 is 5.60 Å². The van der Waals surface area contributed by atoms with Gasteiger partial charge in [-0.15, -0.1) is 11.3 Å². The number of para-hydroxylation sites is 2. The van der Waals surface area contributed by atoms with E-state index in [0.717, 1.165) is 27.1 Å². The van der Waals surface area contributed by atoms with Crippen molar-refractivity contribution >= 4 is 33.5 Å². The van der Waals surface area contributed by atoms with Gasteiger partial charge in [0.1, 0.15) is 11.1 Å². The summed E-state index contributed by atoms with van der Waals surface area (Å²) in [6, 6.07) is 7.66. The molecule has 1 aromatic carbocycles. The van der Waals surface area contributed by atoms with E-state index in [9.17, 15) is 4.79 Å². The molecule has 3 heterocycles. The number of nitrogens with two attached hydrogens (primary N) is 1. The second-order valence-electron chi connectivity index (χ2n) is 7.38. The van der Waals surface area contributed by atoms with Crippen molar-refractivity contribution in [1.29, 1.82) is 0 Å². The van der Waals surface area contributed by atoms with Gasteiger partial charge in [0.15, 0.2) is 5.58 Å². The van der Waals surface area contributed by atoms with Crippen molar-refractivity contribution in [3.63, 3.8) is 0 Å². The zero-order valence-electron chi connectivity index (χ0n) is 15.0. The largest absolute Gasteiger partial charge is 0.444 e. The number of nitrogens with zero attached hydrogens (tertiary/aromatic N) is 2. The lowest BCUT2D eigenvalue weighted by Gasteiger charge is -2.30. The van der Waals surface area contributed by atoms with Crippen molar-refractivity contribution < 1.29 is 13.9 Å². The Kier molecular flexibility index (Phi) is 3.91. The van der Waals surface area contributed by atoms with Crippen LogP contribution in [0.5, 0.6) is 0 Å². The third kappa shape index (κ3) is 3.03. The topological polar surface area (TPSA) is 81.6 Å². The van der Waals surface area contributed by atoms with E-state index in [2.05, 4.69) is 4.98 Å². The second kappa shape index (κ2) is 6.02. The lowest BCUT2D eigenvalue weighted by molar-refractivity contribution is 0.0227. The first-order valence-electron chi connectivity index (χ1n) is 8.56. The molecule has 4 rings (SSSR count). The summed E-state index contributed by atoms with van der Waals surface area (Å²) < 4.78 is 11.4. The quantitative estimate of drug-likeness (QED) is 0.684. The maximum absolute atomic E-state index is 12.3. The summed E-state index contributed by atoms with van der Waals surface area (Å²) in [6.07, 6.45) is 0.412. The van der Waals surface area contributed by atoms with Crippen LogP contribution in [0.1, 0.15) is 31.2 Å². The highest BCUT2D eigenvalue weighted by atomic mass is 32.1. The normalized spacial score (nSPS) is 14.5. The van der Waals surface area contributed by atoms with Gasteiger partial charge in [0.2, 0.25) is 5.89 Å². The van der Waals surface area contributed by atoms with Crippen LogP contribution in [0.15, 0.2) is 28.7 Å². The van der Waals surface area contributed by atoms with Gasteiger partial charge in [0, 0.05) is 11.4 Å². The Balaban J connectivity index is 1.65. The Morgan fingerprint density at radius 2 is 2.12 bits per heavy atom. The molecular formula is C19H21N3O3S. The molecule has 0 atom stereocenters. The van der Waals surface area contributed by atoms with Crippen molar-refractivity contribution in [2.45, 2.75) is 39.3 Å². The number of rotatable bonds is 1. The van der Waals surface area contributed by atoms with Crippen LogP contribution < -0.4 is 5.73 Å². The summed E-state index contributed by atoms with van der Waals surface area (Å²) in [6.45, 7) is 6.70. The molecule has 6 nitrogen and oxygen atoms in total. The van der Waals surface area contributed by atoms with E-state index in [4.69, 9.17) is 14.9 Å². The maximum Gasteiger partial charge on any atom is 0.410 e. The molecule has 1 aliphatic heterocycles. The number of fused-ring (bicyclic) bond motifs is 2. The molecule has 0 unspecified atom stereocenters. The fraction of sp³-hybridized carbons (Fsp3) is 0.368. The Morgan fingerprint density at radius 1 is 1.35 bits per heavy atom. The van der Waals surface area contributed by atoms with Gasteiger partial charge in [0.05, 0.1) is 17.1 Å². The van der Waals surface area contributed by atoms with E-state index in [1.165, 1.54) is 11.3 Å². The number of hydrogen-bond acceptors (Lipinski definition) is 6. The lowest BCUT2D eigenvalue weighted by Crippen LogP contribution is -2.39. The number of amides is 1. The van der Waals surface area contributed by atoms with Crippen molar-refractivity contribution in [3.05, 3.63) is 34.7 Å². The minimum Gasteiger partial charge on any atom is -0.444 e. The molecular weight excluding hydrogens is 350 g/mol. The highest BCUT2D eigenvalue weighted by Gasteiger charge is 2.30. The van der Waals surface area contributed by atoms with Crippen molar-refractivity contribution in [2.24, 2.45) is 0 Å². The molecule has 0 radical (unpaired) electrons. The van der Waals surface area contributed by atoms with Crippen LogP contribution in [0.3, 0.4) is 0 Å². The van der Waals surface area contributed by atoms with Crippen LogP contribution >= 0.6 is 11.3 Å². The lowest BCUT2D eigenvalue weighted by atomic mass is 10.0. The monoisotopic (exact) mass is 371 g/mol.